The quantitative estimate of drug-likeness (QED) is 0.611. The van der Waals surface area contributed by atoms with Crippen LogP contribution in [-0.2, 0) is 14.3 Å². The summed E-state index contributed by atoms with van der Waals surface area (Å²) in [6.45, 7) is 7.09. The van der Waals surface area contributed by atoms with Crippen LogP contribution < -0.4 is 0 Å². The molecule has 0 saturated carbocycles. The van der Waals surface area contributed by atoms with Gasteiger partial charge in [0.15, 0.2) is 5.17 Å². The standard InChI is InChI=1S/C18H17FN2O3S/c1-4-9-24-17(23)14-10(2)20-18-21(16(22)11(3)25-18)15(14)12-5-7-13(19)8-6-12/h4-8,11,15H,1,9H2,2-3H3/t11-,15+/m1/s1. The van der Waals surface area contributed by atoms with Gasteiger partial charge in [0.05, 0.1) is 22.6 Å². The Morgan fingerprint density at radius 3 is 2.76 bits per heavy atom. The Hall–Kier alpha value is -2.41. The zero-order valence-corrected chi connectivity index (χ0v) is 14.7. The molecular weight excluding hydrogens is 343 g/mol. The number of hydrogen-bond donors (Lipinski definition) is 0. The van der Waals surface area contributed by atoms with Crippen molar-refractivity contribution in [2.24, 2.45) is 4.99 Å². The van der Waals surface area contributed by atoms with Gasteiger partial charge in [-0.15, -0.1) is 0 Å². The number of fused-ring (bicyclic) bond motifs is 1. The van der Waals surface area contributed by atoms with Gasteiger partial charge in [0.1, 0.15) is 12.4 Å². The summed E-state index contributed by atoms with van der Waals surface area (Å²) in [6, 6.07) is 5.06. The van der Waals surface area contributed by atoms with Gasteiger partial charge < -0.3 is 4.74 Å². The van der Waals surface area contributed by atoms with E-state index in [1.165, 1.54) is 34.9 Å². The number of carbonyl (C=O) groups excluding carboxylic acids is 2. The number of hydrogen-bond acceptors (Lipinski definition) is 5. The van der Waals surface area contributed by atoms with Gasteiger partial charge in [0.2, 0.25) is 5.91 Å². The highest BCUT2D eigenvalue weighted by atomic mass is 32.2. The minimum atomic E-state index is -0.685. The molecular formula is C18H17FN2O3S. The maximum Gasteiger partial charge on any atom is 0.338 e. The number of allylic oxidation sites excluding steroid dienone is 1. The van der Waals surface area contributed by atoms with E-state index in [9.17, 15) is 14.0 Å². The molecule has 25 heavy (non-hydrogen) atoms. The Morgan fingerprint density at radius 2 is 2.12 bits per heavy atom. The number of carbonyl (C=O) groups is 2. The lowest BCUT2D eigenvalue weighted by Gasteiger charge is -2.33. The van der Waals surface area contributed by atoms with Crippen molar-refractivity contribution < 1.29 is 18.7 Å². The molecule has 1 aromatic rings. The number of amides is 1. The third-order valence-electron chi connectivity index (χ3n) is 4.00. The molecule has 0 bridgehead atoms. The summed E-state index contributed by atoms with van der Waals surface area (Å²) in [6.07, 6.45) is 1.47. The first kappa shape index (κ1) is 17.4. The van der Waals surface area contributed by atoms with Crippen LogP contribution in [0.25, 0.3) is 0 Å². The maximum atomic E-state index is 13.3. The zero-order valence-electron chi connectivity index (χ0n) is 13.9. The molecule has 2 aliphatic rings. The minimum Gasteiger partial charge on any atom is -0.458 e. The topological polar surface area (TPSA) is 59.0 Å². The Labute approximate surface area is 149 Å². The third kappa shape index (κ3) is 3.11. The number of aliphatic imine (C=N–C) groups is 1. The monoisotopic (exact) mass is 360 g/mol. The van der Waals surface area contributed by atoms with Crippen LogP contribution in [-0.4, -0.2) is 33.8 Å². The van der Waals surface area contributed by atoms with Crippen LogP contribution in [0.5, 0.6) is 0 Å². The molecule has 130 valence electrons. The van der Waals surface area contributed by atoms with E-state index in [4.69, 9.17) is 4.74 Å². The fourth-order valence-electron chi connectivity index (χ4n) is 2.84. The van der Waals surface area contributed by atoms with Crippen molar-refractivity contribution in [2.75, 3.05) is 6.61 Å². The fourth-order valence-corrected chi connectivity index (χ4v) is 3.87. The van der Waals surface area contributed by atoms with Crippen molar-refractivity contribution in [3.05, 3.63) is 59.6 Å². The van der Waals surface area contributed by atoms with Crippen LogP contribution in [0.4, 0.5) is 4.39 Å². The molecule has 0 aliphatic carbocycles. The number of rotatable bonds is 4. The summed E-state index contributed by atoms with van der Waals surface area (Å²) in [5, 5.41) is 0.252. The van der Waals surface area contributed by atoms with Gasteiger partial charge in [-0.25, -0.2) is 14.2 Å². The molecule has 1 aromatic carbocycles. The van der Waals surface area contributed by atoms with Gasteiger partial charge in [-0.2, -0.15) is 0 Å². The van der Waals surface area contributed by atoms with E-state index in [0.29, 0.717) is 16.4 Å². The highest BCUT2D eigenvalue weighted by Crippen LogP contribution is 2.43. The van der Waals surface area contributed by atoms with Gasteiger partial charge in [0, 0.05) is 0 Å². The summed E-state index contributed by atoms with van der Waals surface area (Å²) in [5.41, 5.74) is 1.39. The van der Waals surface area contributed by atoms with E-state index in [2.05, 4.69) is 11.6 Å². The van der Waals surface area contributed by atoms with Gasteiger partial charge in [-0.1, -0.05) is 36.5 Å². The van der Waals surface area contributed by atoms with Crippen molar-refractivity contribution in [1.82, 2.24) is 4.90 Å². The molecule has 0 unspecified atom stereocenters. The predicted molar refractivity (Wildman–Crippen MR) is 94.3 cm³/mol. The van der Waals surface area contributed by atoms with Gasteiger partial charge in [-0.3, -0.25) is 9.69 Å². The summed E-state index contributed by atoms with van der Waals surface area (Å²) in [4.78, 5) is 31.1. The lowest BCUT2D eigenvalue weighted by Crippen LogP contribution is -2.40. The van der Waals surface area contributed by atoms with E-state index < -0.39 is 12.0 Å². The smallest absolute Gasteiger partial charge is 0.338 e. The first-order valence-electron chi connectivity index (χ1n) is 7.76. The number of amidine groups is 1. The number of thioether (sulfide) groups is 1. The lowest BCUT2D eigenvalue weighted by atomic mass is 9.94. The number of halogens is 1. The normalized spacial score (nSPS) is 22.6. The molecule has 2 aliphatic heterocycles. The molecule has 3 rings (SSSR count). The van der Waals surface area contributed by atoms with Crippen LogP contribution in [0.2, 0.25) is 0 Å². The van der Waals surface area contributed by atoms with E-state index in [1.54, 1.807) is 26.0 Å². The van der Waals surface area contributed by atoms with Crippen LogP contribution in [0.3, 0.4) is 0 Å². The molecule has 0 spiro atoms. The molecule has 1 fully saturated rings. The molecule has 1 saturated heterocycles. The van der Waals surface area contributed by atoms with E-state index in [-0.39, 0.29) is 29.2 Å². The second-order valence-corrected chi connectivity index (χ2v) is 7.01. The molecule has 1 amide bonds. The van der Waals surface area contributed by atoms with Crippen LogP contribution in [0, 0.1) is 5.82 Å². The van der Waals surface area contributed by atoms with Gasteiger partial charge >= 0.3 is 5.97 Å². The largest absolute Gasteiger partial charge is 0.458 e. The molecule has 5 nitrogen and oxygen atoms in total. The van der Waals surface area contributed by atoms with Crippen LogP contribution >= 0.6 is 11.8 Å². The zero-order chi connectivity index (χ0) is 18.1. The number of benzene rings is 1. The molecule has 0 radical (unpaired) electrons. The Balaban J connectivity index is 2.11. The first-order chi connectivity index (χ1) is 11.9. The maximum absolute atomic E-state index is 13.3. The lowest BCUT2D eigenvalue weighted by molar-refractivity contribution is -0.139. The van der Waals surface area contributed by atoms with Crippen LogP contribution in [0.1, 0.15) is 25.5 Å². The number of ether oxygens (including phenoxy) is 1. The Morgan fingerprint density at radius 1 is 1.44 bits per heavy atom. The van der Waals surface area contributed by atoms with E-state index in [1.807, 2.05) is 0 Å². The third-order valence-corrected chi connectivity index (χ3v) is 5.05. The fraction of sp³-hybridized carbons (Fsp3) is 0.278. The molecule has 0 N–H and O–H groups in total. The summed E-state index contributed by atoms with van der Waals surface area (Å²) in [7, 11) is 0. The average molecular weight is 360 g/mol. The van der Waals surface area contributed by atoms with Gasteiger partial charge in [0.25, 0.3) is 0 Å². The second-order valence-electron chi connectivity index (χ2n) is 5.70. The summed E-state index contributed by atoms with van der Waals surface area (Å²) >= 11 is 1.34. The number of nitrogens with zero attached hydrogens (tertiary/aromatic N) is 2. The van der Waals surface area contributed by atoms with Crippen molar-refractivity contribution >= 4 is 28.8 Å². The predicted octanol–water partition coefficient (Wildman–Crippen LogP) is 3.20. The molecule has 2 atom stereocenters. The van der Waals surface area contributed by atoms with Crippen molar-refractivity contribution in [3.63, 3.8) is 0 Å². The highest BCUT2D eigenvalue weighted by Gasteiger charge is 2.46. The highest BCUT2D eigenvalue weighted by molar-refractivity contribution is 8.15. The number of esters is 1. The average Bonchev–Trinajstić information content (AvgIpc) is 2.86. The minimum absolute atomic E-state index is 0.0570. The van der Waals surface area contributed by atoms with E-state index >= 15 is 0 Å². The van der Waals surface area contributed by atoms with Crippen molar-refractivity contribution in [3.8, 4) is 0 Å². The molecule has 2 heterocycles. The van der Waals surface area contributed by atoms with Crippen molar-refractivity contribution in [2.45, 2.75) is 25.1 Å². The Bertz CT molecular complexity index is 801. The second kappa shape index (κ2) is 6.84. The first-order valence-corrected chi connectivity index (χ1v) is 8.64. The summed E-state index contributed by atoms with van der Waals surface area (Å²) < 4.78 is 18.5. The van der Waals surface area contributed by atoms with E-state index in [0.717, 1.165) is 0 Å². The summed E-state index contributed by atoms with van der Waals surface area (Å²) in [5.74, 6) is -1.09. The molecule has 0 aromatic heterocycles. The van der Waals surface area contributed by atoms with Crippen molar-refractivity contribution in [1.29, 1.82) is 0 Å². The molecule has 7 heteroatoms. The van der Waals surface area contributed by atoms with Gasteiger partial charge in [-0.05, 0) is 31.5 Å². The SMILES string of the molecule is C=CCOC(=O)C1=C(C)N=C2S[C@H](C)C(=O)N2[C@H]1c1ccc(F)cc1. The van der Waals surface area contributed by atoms with Crippen LogP contribution in [0.15, 0.2) is 53.2 Å². The Kier molecular flexibility index (Phi) is 4.76.